The summed E-state index contributed by atoms with van der Waals surface area (Å²) in [5, 5.41) is 12.6. The third-order valence-electron chi connectivity index (χ3n) is 5.05. The maximum Gasteiger partial charge on any atom is 0.421 e. The molecule has 154 valence electrons. The molecule has 0 bridgehead atoms. The lowest BCUT2D eigenvalue weighted by molar-refractivity contribution is -0.0876. The van der Waals surface area contributed by atoms with E-state index in [4.69, 9.17) is 17.3 Å². The predicted octanol–water partition coefficient (Wildman–Crippen LogP) is 1.68. The lowest BCUT2D eigenvalue weighted by atomic mass is 10.1. The number of hydrogen-bond donors (Lipinski definition) is 4. The summed E-state index contributed by atoms with van der Waals surface area (Å²) in [6.07, 6.45) is -1.76. The van der Waals surface area contributed by atoms with Crippen LogP contribution in [0.4, 0.5) is 17.6 Å². The molecule has 1 aromatic heterocycles. The summed E-state index contributed by atoms with van der Waals surface area (Å²) in [6.45, 7) is 0.779. The number of rotatable bonds is 4. The molecular formula is C16H20ClF4N7. The number of alkyl halides is 4. The monoisotopic (exact) mass is 421 g/mol. The first-order chi connectivity index (χ1) is 13.2. The van der Waals surface area contributed by atoms with Gasteiger partial charge in [0, 0.05) is 18.8 Å². The van der Waals surface area contributed by atoms with Crippen molar-refractivity contribution in [3.05, 3.63) is 28.3 Å². The van der Waals surface area contributed by atoms with Crippen molar-refractivity contribution in [1.82, 2.24) is 25.7 Å². The normalized spacial score (nSPS) is 31.1. The van der Waals surface area contributed by atoms with Crippen LogP contribution in [0.1, 0.15) is 30.9 Å². The van der Waals surface area contributed by atoms with Gasteiger partial charge in [-0.3, -0.25) is 5.73 Å². The first-order valence-electron chi connectivity index (χ1n) is 8.97. The van der Waals surface area contributed by atoms with E-state index in [0.29, 0.717) is 19.2 Å². The summed E-state index contributed by atoms with van der Waals surface area (Å²) in [4.78, 5) is 3.88. The molecule has 5 N–H and O–H groups in total. The molecule has 0 amide bonds. The van der Waals surface area contributed by atoms with Crippen LogP contribution in [0.25, 0.3) is 0 Å². The Balaban J connectivity index is 1.64. The van der Waals surface area contributed by atoms with Gasteiger partial charge in [-0.05, 0) is 25.8 Å². The van der Waals surface area contributed by atoms with Crippen molar-refractivity contribution in [3.8, 4) is 0 Å². The Morgan fingerprint density at radius 2 is 2.07 bits per heavy atom. The van der Waals surface area contributed by atoms with Crippen molar-refractivity contribution in [2.45, 2.75) is 49.5 Å². The minimum absolute atomic E-state index is 0.0444. The number of piperidine rings is 1. The topological polar surface area (TPSA) is 92.3 Å². The van der Waals surface area contributed by atoms with E-state index in [9.17, 15) is 17.6 Å². The lowest BCUT2D eigenvalue weighted by Crippen LogP contribution is -2.54. The van der Waals surface area contributed by atoms with E-state index in [-0.39, 0.29) is 29.1 Å². The molecule has 1 saturated carbocycles. The molecular weight excluding hydrogens is 402 g/mol. The van der Waals surface area contributed by atoms with Gasteiger partial charge >= 0.3 is 6.18 Å². The number of nitrogens with one attached hydrogen (secondary N) is 3. The Kier molecular flexibility index (Phi) is 4.79. The van der Waals surface area contributed by atoms with E-state index in [1.54, 1.807) is 0 Å². The zero-order chi connectivity index (χ0) is 20.1. The van der Waals surface area contributed by atoms with Crippen molar-refractivity contribution >= 4 is 17.8 Å². The highest BCUT2D eigenvalue weighted by Gasteiger charge is 2.44. The smallest absolute Gasteiger partial charge is 0.369 e. The number of halogens is 5. The van der Waals surface area contributed by atoms with Crippen LogP contribution in [0.5, 0.6) is 0 Å². The molecule has 28 heavy (non-hydrogen) atoms. The van der Waals surface area contributed by atoms with Gasteiger partial charge in [0.25, 0.3) is 0 Å². The zero-order valence-corrected chi connectivity index (χ0v) is 15.5. The van der Waals surface area contributed by atoms with Gasteiger partial charge in [0.2, 0.25) is 5.79 Å². The third kappa shape index (κ3) is 3.58. The fourth-order valence-corrected chi connectivity index (χ4v) is 3.70. The van der Waals surface area contributed by atoms with E-state index in [1.165, 1.54) is 10.9 Å². The standard InChI is InChI=1S/C16H20ClF4N7/c17-13-9(6-25-28(13)12-3-4-23-7-11(12)18)16(22)24-5-10(15(19,20)21)14(27-16)26-8-1-2-8/h5-6,8,11-12,23,26-27H,1-4,7,22H2/t11-,12-,16?/m0/s1. The molecule has 2 aliphatic heterocycles. The summed E-state index contributed by atoms with van der Waals surface area (Å²) >= 11 is 6.40. The Morgan fingerprint density at radius 1 is 1.32 bits per heavy atom. The van der Waals surface area contributed by atoms with E-state index in [0.717, 1.165) is 12.8 Å². The van der Waals surface area contributed by atoms with Crippen LogP contribution in [-0.4, -0.2) is 47.5 Å². The van der Waals surface area contributed by atoms with Crippen LogP contribution >= 0.6 is 11.6 Å². The van der Waals surface area contributed by atoms with Crippen molar-refractivity contribution in [3.63, 3.8) is 0 Å². The molecule has 1 aromatic rings. The van der Waals surface area contributed by atoms with Crippen LogP contribution in [0.2, 0.25) is 5.15 Å². The van der Waals surface area contributed by atoms with Gasteiger partial charge in [-0.1, -0.05) is 11.6 Å². The largest absolute Gasteiger partial charge is 0.421 e. The SMILES string of the molecule is NC1(c2cnn([C@H]3CCNC[C@@H]3F)c2Cl)N=CC(C(F)(F)F)=C(NC2CC2)N1. The average molecular weight is 422 g/mol. The zero-order valence-electron chi connectivity index (χ0n) is 14.7. The van der Waals surface area contributed by atoms with Crippen molar-refractivity contribution in [1.29, 1.82) is 0 Å². The summed E-state index contributed by atoms with van der Waals surface area (Å²) in [5.74, 6) is -2.00. The molecule has 1 unspecified atom stereocenters. The Bertz CT molecular complexity index is 816. The van der Waals surface area contributed by atoms with Gasteiger partial charge in [0.1, 0.15) is 22.7 Å². The predicted molar refractivity (Wildman–Crippen MR) is 95.4 cm³/mol. The summed E-state index contributed by atoms with van der Waals surface area (Å²) in [6, 6.07) is -0.625. The minimum atomic E-state index is -4.60. The molecule has 1 aliphatic carbocycles. The van der Waals surface area contributed by atoms with Crippen LogP contribution in [-0.2, 0) is 5.79 Å². The molecule has 0 spiro atoms. The Labute approximate surface area is 163 Å². The molecule has 12 heteroatoms. The molecule has 0 aromatic carbocycles. The van der Waals surface area contributed by atoms with Crippen molar-refractivity contribution < 1.29 is 17.6 Å². The van der Waals surface area contributed by atoms with Gasteiger partial charge in [0.15, 0.2) is 0 Å². The van der Waals surface area contributed by atoms with E-state index >= 15 is 0 Å². The van der Waals surface area contributed by atoms with Crippen LogP contribution < -0.4 is 21.7 Å². The maximum atomic E-state index is 14.3. The molecule has 4 rings (SSSR count). The Morgan fingerprint density at radius 3 is 2.71 bits per heavy atom. The molecule has 3 aliphatic rings. The van der Waals surface area contributed by atoms with Gasteiger partial charge in [-0.15, -0.1) is 0 Å². The van der Waals surface area contributed by atoms with Crippen molar-refractivity contribution in [2.24, 2.45) is 10.7 Å². The Hall–Kier alpha value is -1.85. The molecule has 0 radical (unpaired) electrons. The highest BCUT2D eigenvalue weighted by Crippen LogP contribution is 2.36. The van der Waals surface area contributed by atoms with Gasteiger partial charge < -0.3 is 16.0 Å². The molecule has 7 nitrogen and oxygen atoms in total. The number of allylic oxidation sites excluding steroid dienone is 1. The summed E-state index contributed by atoms with van der Waals surface area (Å²) < 4.78 is 55.6. The van der Waals surface area contributed by atoms with E-state index < -0.39 is 29.7 Å². The number of nitrogens with zero attached hydrogens (tertiary/aromatic N) is 3. The highest BCUT2D eigenvalue weighted by molar-refractivity contribution is 6.30. The average Bonchev–Trinajstić information content (AvgIpc) is 3.34. The number of aliphatic imine (C=N–C) groups is 1. The van der Waals surface area contributed by atoms with Crippen molar-refractivity contribution in [2.75, 3.05) is 13.1 Å². The second-order valence-corrected chi connectivity index (χ2v) is 7.58. The third-order valence-corrected chi connectivity index (χ3v) is 5.42. The quantitative estimate of drug-likeness (QED) is 0.555. The first-order valence-corrected chi connectivity index (χ1v) is 9.35. The summed E-state index contributed by atoms with van der Waals surface area (Å²) in [5.41, 5.74) is 5.49. The number of nitrogens with two attached hydrogens (primary N) is 1. The second-order valence-electron chi connectivity index (χ2n) is 7.22. The van der Waals surface area contributed by atoms with E-state index in [1.807, 2.05) is 0 Å². The molecule has 3 heterocycles. The molecule has 2 fully saturated rings. The van der Waals surface area contributed by atoms with Crippen LogP contribution in [0.15, 0.2) is 22.6 Å². The van der Waals surface area contributed by atoms with Gasteiger partial charge in [-0.25, -0.2) is 14.1 Å². The van der Waals surface area contributed by atoms with Gasteiger partial charge in [-0.2, -0.15) is 18.3 Å². The maximum absolute atomic E-state index is 14.3. The van der Waals surface area contributed by atoms with Crippen LogP contribution in [0.3, 0.4) is 0 Å². The minimum Gasteiger partial charge on any atom is -0.369 e. The fourth-order valence-electron chi connectivity index (χ4n) is 3.33. The second kappa shape index (κ2) is 6.89. The first kappa shape index (κ1) is 19.5. The lowest BCUT2D eigenvalue weighted by Gasteiger charge is -2.34. The molecule has 1 saturated heterocycles. The number of aromatic nitrogens is 2. The highest BCUT2D eigenvalue weighted by atomic mass is 35.5. The summed E-state index contributed by atoms with van der Waals surface area (Å²) in [7, 11) is 0. The van der Waals surface area contributed by atoms with Crippen LogP contribution in [0, 0.1) is 0 Å². The molecule has 3 atom stereocenters. The van der Waals surface area contributed by atoms with Gasteiger partial charge in [0.05, 0.1) is 17.8 Å². The van der Waals surface area contributed by atoms with E-state index in [2.05, 4.69) is 26.0 Å². The fraction of sp³-hybridized carbons (Fsp3) is 0.625. The number of hydrogen-bond acceptors (Lipinski definition) is 6.